The number of carbonyl (C=O) groups is 2. The fraction of sp³-hybridized carbons (Fsp3) is 0.600. The highest BCUT2D eigenvalue weighted by Crippen LogP contribution is 2.15. The van der Waals surface area contributed by atoms with Gasteiger partial charge < -0.3 is 10.2 Å². The molecule has 2 aliphatic heterocycles. The Morgan fingerprint density at radius 2 is 1.63 bits per heavy atom. The fourth-order valence-electron chi connectivity index (χ4n) is 3.69. The summed E-state index contributed by atoms with van der Waals surface area (Å²) in [6, 6.07) is 6.93. The summed E-state index contributed by atoms with van der Waals surface area (Å²) in [7, 11) is 0. The van der Waals surface area contributed by atoms with Gasteiger partial charge in [0, 0.05) is 50.0 Å². The number of nitrogens with one attached hydrogen (secondary N) is 1. The number of anilines is 1. The molecule has 2 amide bonds. The number of halogens is 1. The van der Waals surface area contributed by atoms with Gasteiger partial charge >= 0.3 is 0 Å². The molecule has 2 aliphatic rings. The summed E-state index contributed by atoms with van der Waals surface area (Å²) in [5.41, 5.74) is 0.752. The van der Waals surface area contributed by atoms with Crippen LogP contribution < -0.4 is 5.32 Å². The number of amides is 2. The Hall–Kier alpha value is -1.63. The third-order valence-electron chi connectivity index (χ3n) is 5.51. The molecule has 7 heteroatoms. The summed E-state index contributed by atoms with van der Waals surface area (Å²) >= 11 is 5.88. The van der Waals surface area contributed by atoms with Gasteiger partial charge in [0.1, 0.15) is 0 Å². The van der Waals surface area contributed by atoms with Gasteiger partial charge in [-0.2, -0.15) is 0 Å². The van der Waals surface area contributed by atoms with Gasteiger partial charge in [0.05, 0.1) is 12.6 Å². The second-order valence-electron chi connectivity index (χ2n) is 7.43. The minimum atomic E-state index is -0.208. The lowest BCUT2D eigenvalue weighted by Crippen LogP contribution is -2.54. The zero-order chi connectivity index (χ0) is 19.2. The minimum absolute atomic E-state index is 0.0184. The van der Waals surface area contributed by atoms with E-state index < -0.39 is 0 Å². The van der Waals surface area contributed by atoms with Gasteiger partial charge in [-0.15, -0.1) is 0 Å². The maximum Gasteiger partial charge on any atom is 0.241 e. The lowest BCUT2D eigenvalue weighted by molar-refractivity contribution is -0.134. The molecule has 1 aromatic carbocycles. The maximum atomic E-state index is 12.5. The standard InChI is InChI=1S/C20H29ClN4O2/c1-16(20(27)22-18-7-5-17(21)6-8-18)24-13-11-23(12-14-24)15-19(26)25-9-3-2-4-10-25/h5-8,16H,2-4,9-15H2,1H3,(H,22,27)/t16-/m1/s1. The highest BCUT2D eigenvalue weighted by atomic mass is 35.5. The Kier molecular flexibility index (Phi) is 7.10. The predicted molar refractivity (Wildman–Crippen MR) is 108 cm³/mol. The third kappa shape index (κ3) is 5.67. The second kappa shape index (κ2) is 9.53. The van der Waals surface area contributed by atoms with Crippen LogP contribution in [0.3, 0.4) is 0 Å². The van der Waals surface area contributed by atoms with Crippen LogP contribution >= 0.6 is 11.6 Å². The molecule has 0 aliphatic carbocycles. The number of hydrogen-bond acceptors (Lipinski definition) is 4. The third-order valence-corrected chi connectivity index (χ3v) is 5.77. The lowest BCUT2D eigenvalue weighted by atomic mass is 10.1. The van der Waals surface area contributed by atoms with Gasteiger partial charge in [-0.25, -0.2) is 0 Å². The smallest absolute Gasteiger partial charge is 0.241 e. The highest BCUT2D eigenvalue weighted by molar-refractivity contribution is 6.30. The van der Waals surface area contributed by atoms with E-state index in [0.29, 0.717) is 11.6 Å². The molecule has 3 rings (SSSR count). The first-order valence-electron chi connectivity index (χ1n) is 9.83. The first kappa shape index (κ1) is 20.1. The number of benzene rings is 1. The van der Waals surface area contributed by atoms with Crippen molar-refractivity contribution in [2.24, 2.45) is 0 Å². The summed E-state index contributed by atoms with van der Waals surface area (Å²) in [6.07, 6.45) is 3.48. The molecule has 0 spiro atoms. The fourth-order valence-corrected chi connectivity index (χ4v) is 3.82. The van der Waals surface area contributed by atoms with Gasteiger partial charge in [-0.3, -0.25) is 19.4 Å². The summed E-state index contributed by atoms with van der Waals surface area (Å²) in [5.74, 6) is 0.229. The number of likely N-dealkylation sites (tertiary alicyclic amines) is 1. The second-order valence-corrected chi connectivity index (χ2v) is 7.86. The van der Waals surface area contributed by atoms with Crippen molar-refractivity contribution in [3.8, 4) is 0 Å². The lowest BCUT2D eigenvalue weighted by Gasteiger charge is -2.38. The SMILES string of the molecule is C[C@H](C(=O)Nc1ccc(Cl)cc1)N1CCN(CC(=O)N2CCCCC2)CC1. The van der Waals surface area contributed by atoms with Crippen molar-refractivity contribution in [3.05, 3.63) is 29.3 Å². The molecule has 1 aromatic rings. The van der Waals surface area contributed by atoms with Gasteiger partial charge in [0.25, 0.3) is 0 Å². The number of carbonyl (C=O) groups excluding carboxylic acids is 2. The summed E-state index contributed by atoms with van der Waals surface area (Å²) < 4.78 is 0. The van der Waals surface area contributed by atoms with Gasteiger partial charge in [0.15, 0.2) is 0 Å². The molecule has 0 radical (unpaired) electrons. The summed E-state index contributed by atoms with van der Waals surface area (Å²) in [6.45, 7) is 7.46. The van der Waals surface area contributed by atoms with Gasteiger partial charge in [-0.05, 0) is 50.5 Å². The van der Waals surface area contributed by atoms with Crippen LogP contribution in [0.5, 0.6) is 0 Å². The van der Waals surface area contributed by atoms with Crippen LogP contribution in [-0.4, -0.2) is 78.4 Å². The molecule has 2 fully saturated rings. The first-order valence-corrected chi connectivity index (χ1v) is 10.2. The molecule has 2 saturated heterocycles. The monoisotopic (exact) mass is 392 g/mol. The molecule has 0 bridgehead atoms. The van der Waals surface area contributed by atoms with Crippen molar-refractivity contribution in [1.29, 1.82) is 0 Å². The van der Waals surface area contributed by atoms with E-state index in [9.17, 15) is 9.59 Å². The van der Waals surface area contributed by atoms with Crippen LogP contribution in [0.2, 0.25) is 5.02 Å². The zero-order valence-electron chi connectivity index (χ0n) is 16.0. The number of hydrogen-bond donors (Lipinski definition) is 1. The van der Waals surface area contributed by atoms with Crippen molar-refractivity contribution in [1.82, 2.24) is 14.7 Å². The molecule has 27 heavy (non-hydrogen) atoms. The molecule has 6 nitrogen and oxygen atoms in total. The summed E-state index contributed by atoms with van der Waals surface area (Å²) in [5, 5.41) is 3.59. The van der Waals surface area contributed by atoms with E-state index in [-0.39, 0.29) is 17.9 Å². The molecular weight excluding hydrogens is 364 g/mol. The molecule has 1 atom stereocenters. The predicted octanol–water partition coefficient (Wildman–Crippen LogP) is 2.30. The zero-order valence-corrected chi connectivity index (χ0v) is 16.7. The first-order chi connectivity index (χ1) is 13.0. The quantitative estimate of drug-likeness (QED) is 0.835. The van der Waals surface area contributed by atoms with Crippen LogP contribution in [0.25, 0.3) is 0 Å². The van der Waals surface area contributed by atoms with Crippen LogP contribution in [0, 0.1) is 0 Å². The van der Waals surface area contributed by atoms with E-state index in [1.54, 1.807) is 24.3 Å². The van der Waals surface area contributed by atoms with Crippen molar-refractivity contribution in [2.75, 3.05) is 51.1 Å². The number of nitrogens with zero attached hydrogens (tertiary/aromatic N) is 3. The van der Waals surface area contributed by atoms with Crippen molar-refractivity contribution in [3.63, 3.8) is 0 Å². The van der Waals surface area contributed by atoms with E-state index >= 15 is 0 Å². The molecular formula is C20H29ClN4O2. The topological polar surface area (TPSA) is 55.9 Å². The van der Waals surface area contributed by atoms with Gasteiger partial charge in [-0.1, -0.05) is 11.6 Å². The normalized spacial score (nSPS) is 20.3. The van der Waals surface area contributed by atoms with Crippen LogP contribution in [0.15, 0.2) is 24.3 Å². The molecule has 1 N–H and O–H groups in total. The molecule has 0 aromatic heterocycles. The minimum Gasteiger partial charge on any atom is -0.342 e. The van der Waals surface area contributed by atoms with Crippen LogP contribution in [0.4, 0.5) is 5.69 Å². The number of piperidine rings is 1. The Morgan fingerprint density at radius 3 is 2.26 bits per heavy atom. The molecule has 0 saturated carbocycles. The largest absolute Gasteiger partial charge is 0.342 e. The van der Waals surface area contributed by atoms with E-state index in [0.717, 1.165) is 57.8 Å². The van der Waals surface area contributed by atoms with Crippen LogP contribution in [0.1, 0.15) is 26.2 Å². The van der Waals surface area contributed by atoms with E-state index in [1.165, 1.54) is 6.42 Å². The van der Waals surface area contributed by atoms with Crippen molar-refractivity contribution < 1.29 is 9.59 Å². The molecule has 0 unspecified atom stereocenters. The van der Waals surface area contributed by atoms with Crippen LogP contribution in [-0.2, 0) is 9.59 Å². The Balaban J connectivity index is 1.43. The number of rotatable bonds is 5. The summed E-state index contributed by atoms with van der Waals surface area (Å²) in [4.78, 5) is 31.3. The Bertz CT molecular complexity index is 638. The average Bonchev–Trinajstić information content (AvgIpc) is 2.70. The Labute approximate surface area is 166 Å². The van der Waals surface area contributed by atoms with E-state index in [1.807, 2.05) is 11.8 Å². The number of piperazine rings is 1. The molecule has 148 valence electrons. The van der Waals surface area contributed by atoms with Crippen molar-refractivity contribution in [2.45, 2.75) is 32.2 Å². The van der Waals surface area contributed by atoms with Gasteiger partial charge in [0.2, 0.25) is 11.8 Å². The Morgan fingerprint density at radius 1 is 1.00 bits per heavy atom. The van der Waals surface area contributed by atoms with E-state index in [4.69, 9.17) is 11.6 Å². The average molecular weight is 393 g/mol. The van der Waals surface area contributed by atoms with Crippen molar-refractivity contribution >= 4 is 29.1 Å². The molecule has 2 heterocycles. The van der Waals surface area contributed by atoms with E-state index in [2.05, 4.69) is 15.1 Å². The maximum absolute atomic E-state index is 12.5. The highest BCUT2D eigenvalue weighted by Gasteiger charge is 2.27.